The Kier molecular flexibility index (Phi) is 4.66. The van der Waals surface area contributed by atoms with E-state index >= 15 is 0 Å². The summed E-state index contributed by atoms with van der Waals surface area (Å²) < 4.78 is 5.50. The van der Waals surface area contributed by atoms with Crippen LogP contribution in [-0.2, 0) is 4.74 Å². The van der Waals surface area contributed by atoms with Crippen LogP contribution in [0, 0.1) is 0 Å². The predicted octanol–water partition coefficient (Wildman–Crippen LogP) is 2.81. The topological polar surface area (TPSA) is 64.3 Å². The molecule has 0 aromatic heterocycles. The van der Waals surface area contributed by atoms with Crippen LogP contribution in [0.25, 0.3) is 0 Å². The summed E-state index contributed by atoms with van der Waals surface area (Å²) >= 11 is 6.16. The molecular formula is C14H19ClN2O2. The highest BCUT2D eigenvalue weighted by Crippen LogP contribution is 2.28. The van der Waals surface area contributed by atoms with E-state index in [1.807, 2.05) is 0 Å². The fraction of sp³-hybridized carbons (Fsp3) is 0.500. The molecule has 2 rings (SSSR count). The van der Waals surface area contributed by atoms with E-state index in [4.69, 9.17) is 22.1 Å². The maximum atomic E-state index is 11.2. The zero-order valence-electron chi connectivity index (χ0n) is 11.0. The maximum absolute atomic E-state index is 11.2. The van der Waals surface area contributed by atoms with E-state index in [1.165, 1.54) is 12.8 Å². The first-order chi connectivity index (χ1) is 9.11. The third-order valence-electron chi connectivity index (χ3n) is 3.60. The standard InChI is InChI=1S/C14H19ClN2O2/c1-19-13-5-3-2-4-11(13)17-12-8-9(14(16)18)6-7-10(12)15/h6-8,11,13,17H,2-5H2,1H3,(H2,16,18). The van der Waals surface area contributed by atoms with Crippen molar-refractivity contribution in [1.29, 1.82) is 0 Å². The number of methoxy groups -OCH3 is 1. The van der Waals surface area contributed by atoms with Crippen LogP contribution in [-0.4, -0.2) is 25.2 Å². The first-order valence-electron chi connectivity index (χ1n) is 6.50. The number of anilines is 1. The van der Waals surface area contributed by atoms with Gasteiger partial charge in [-0.25, -0.2) is 0 Å². The van der Waals surface area contributed by atoms with Crippen molar-refractivity contribution in [3.8, 4) is 0 Å². The molecule has 104 valence electrons. The highest BCUT2D eigenvalue weighted by Gasteiger charge is 2.25. The van der Waals surface area contributed by atoms with Crippen LogP contribution >= 0.6 is 11.6 Å². The van der Waals surface area contributed by atoms with Crippen LogP contribution in [0.5, 0.6) is 0 Å². The van der Waals surface area contributed by atoms with Crippen LogP contribution in [0.4, 0.5) is 5.69 Å². The van der Waals surface area contributed by atoms with Crippen molar-refractivity contribution in [2.45, 2.75) is 37.8 Å². The Balaban J connectivity index is 2.17. The molecule has 1 aliphatic rings. The fourth-order valence-electron chi connectivity index (χ4n) is 2.53. The number of rotatable bonds is 4. The van der Waals surface area contributed by atoms with Crippen molar-refractivity contribution >= 4 is 23.2 Å². The second-order valence-electron chi connectivity index (χ2n) is 4.87. The van der Waals surface area contributed by atoms with E-state index in [2.05, 4.69) is 5.32 Å². The molecule has 2 unspecified atom stereocenters. The molecule has 3 N–H and O–H groups in total. The van der Waals surface area contributed by atoms with Gasteiger partial charge in [0.15, 0.2) is 0 Å². The molecule has 0 aliphatic heterocycles. The summed E-state index contributed by atoms with van der Waals surface area (Å²) in [6.07, 6.45) is 4.62. The zero-order chi connectivity index (χ0) is 13.8. The third kappa shape index (κ3) is 3.39. The second-order valence-corrected chi connectivity index (χ2v) is 5.28. The summed E-state index contributed by atoms with van der Waals surface area (Å²) in [4.78, 5) is 11.2. The number of carbonyl (C=O) groups is 1. The van der Waals surface area contributed by atoms with Crippen molar-refractivity contribution in [3.63, 3.8) is 0 Å². The lowest BCUT2D eigenvalue weighted by Gasteiger charge is -2.32. The minimum atomic E-state index is -0.452. The minimum absolute atomic E-state index is 0.182. The van der Waals surface area contributed by atoms with Gasteiger partial charge < -0.3 is 15.8 Å². The second kappa shape index (κ2) is 6.26. The molecule has 0 bridgehead atoms. The van der Waals surface area contributed by atoms with Gasteiger partial charge in [0, 0.05) is 12.7 Å². The van der Waals surface area contributed by atoms with E-state index in [0.29, 0.717) is 10.6 Å². The molecule has 2 atom stereocenters. The van der Waals surface area contributed by atoms with Crippen LogP contribution in [0.1, 0.15) is 36.0 Å². The monoisotopic (exact) mass is 282 g/mol. The molecule has 0 spiro atoms. The van der Waals surface area contributed by atoms with Crippen molar-refractivity contribution in [3.05, 3.63) is 28.8 Å². The summed E-state index contributed by atoms with van der Waals surface area (Å²) in [7, 11) is 1.73. The Labute approximate surface area is 118 Å². The average molecular weight is 283 g/mol. The van der Waals surface area contributed by atoms with Gasteiger partial charge in [-0.1, -0.05) is 24.4 Å². The number of primary amides is 1. The summed E-state index contributed by atoms with van der Waals surface area (Å²) in [6.45, 7) is 0. The van der Waals surface area contributed by atoms with Gasteiger partial charge in [0.05, 0.1) is 22.9 Å². The van der Waals surface area contributed by atoms with Gasteiger partial charge in [0.25, 0.3) is 0 Å². The predicted molar refractivity (Wildman–Crippen MR) is 76.6 cm³/mol. The van der Waals surface area contributed by atoms with Gasteiger partial charge in [-0.3, -0.25) is 4.79 Å². The summed E-state index contributed by atoms with van der Waals surface area (Å²) in [5.41, 5.74) is 6.48. The third-order valence-corrected chi connectivity index (χ3v) is 3.93. The smallest absolute Gasteiger partial charge is 0.248 e. The van der Waals surface area contributed by atoms with Crippen molar-refractivity contribution in [2.24, 2.45) is 5.73 Å². The lowest BCUT2D eigenvalue weighted by atomic mass is 9.92. The molecule has 1 saturated carbocycles. The number of ether oxygens (including phenoxy) is 1. The number of amides is 1. The molecule has 19 heavy (non-hydrogen) atoms. The minimum Gasteiger partial charge on any atom is -0.379 e. The van der Waals surface area contributed by atoms with Crippen LogP contribution in [0.15, 0.2) is 18.2 Å². The van der Waals surface area contributed by atoms with Crippen molar-refractivity contribution in [1.82, 2.24) is 0 Å². The number of hydrogen-bond donors (Lipinski definition) is 2. The van der Waals surface area contributed by atoms with Crippen LogP contribution < -0.4 is 11.1 Å². The fourth-order valence-corrected chi connectivity index (χ4v) is 2.71. The molecule has 0 saturated heterocycles. The molecule has 4 nitrogen and oxygen atoms in total. The summed E-state index contributed by atoms with van der Waals surface area (Å²) in [6, 6.07) is 5.24. The Bertz CT molecular complexity index is 465. The Hall–Kier alpha value is -1.26. The van der Waals surface area contributed by atoms with E-state index in [0.717, 1.165) is 18.5 Å². The van der Waals surface area contributed by atoms with Gasteiger partial charge in [0.1, 0.15) is 0 Å². The maximum Gasteiger partial charge on any atom is 0.248 e. The number of benzene rings is 1. The number of halogens is 1. The molecular weight excluding hydrogens is 264 g/mol. The first-order valence-corrected chi connectivity index (χ1v) is 6.88. The zero-order valence-corrected chi connectivity index (χ0v) is 11.7. The number of carbonyl (C=O) groups excluding carboxylic acids is 1. The molecule has 1 aromatic rings. The molecule has 1 aromatic carbocycles. The number of nitrogens with two attached hydrogens (primary N) is 1. The van der Waals surface area contributed by atoms with Gasteiger partial charge >= 0.3 is 0 Å². The van der Waals surface area contributed by atoms with E-state index in [9.17, 15) is 4.79 Å². The summed E-state index contributed by atoms with van der Waals surface area (Å²) in [5, 5.41) is 3.97. The molecule has 1 amide bonds. The van der Waals surface area contributed by atoms with Gasteiger partial charge in [-0.15, -0.1) is 0 Å². The Morgan fingerprint density at radius 1 is 1.42 bits per heavy atom. The van der Waals surface area contributed by atoms with E-state index in [1.54, 1.807) is 25.3 Å². The van der Waals surface area contributed by atoms with Crippen LogP contribution in [0.2, 0.25) is 5.02 Å². The highest BCUT2D eigenvalue weighted by atomic mass is 35.5. The molecule has 0 heterocycles. The highest BCUT2D eigenvalue weighted by molar-refractivity contribution is 6.33. The first kappa shape index (κ1) is 14.2. The average Bonchev–Trinajstić information content (AvgIpc) is 2.41. The number of nitrogens with one attached hydrogen (secondary N) is 1. The Morgan fingerprint density at radius 3 is 2.84 bits per heavy atom. The van der Waals surface area contributed by atoms with E-state index in [-0.39, 0.29) is 12.1 Å². The van der Waals surface area contributed by atoms with Gasteiger partial charge in [0.2, 0.25) is 5.91 Å². The lowest BCUT2D eigenvalue weighted by Crippen LogP contribution is -2.37. The quantitative estimate of drug-likeness (QED) is 0.892. The molecule has 0 radical (unpaired) electrons. The lowest BCUT2D eigenvalue weighted by molar-refractivity contribution is 0.0606. The van der Waals surface area contributed by atoms with Crippen LogP contribution in [0.3, 0.4) is 0 Å². The van der Waals surface area contributed by atoms with Crippen molar-refractivity contribution in [2.75, 3.05) is 12.4 Å². The largest absolute Gasteiger partial charge is 0.379 e. The molecule has 1 fully saturated rings. The Morgan fingerprint density at radius 2 is 2.16 bits per heavy atom. The van der Waals surface area contributed by atoms with E-state index < -0.39 is 5.91 Å². The molecule has 5 heteroatoms. The molecule has 1 aliphatic carbocycles. The van der Waals surface area contributed by atoms with Crippen molar-refractivity contribution < 1.29 is 9.53 Å². The normalized spacial score (nSPS) is 23.1. The van der Waals surface area contributed by atoms with Gasteiger partial charge in [-0.2, -0.15) is 0 Å². The SMILES string of the molecule is COC1CCCCC1Nc1cc(C(N)=O)ccc1Cl. The summed E-state index contributed by atoms with van der Waals surface area (Å²) in [5.74, 6) is -0.452. The van der Waals surface area contributed by atoms with Gasteiger partial charge in [-0.05, 0) is 31.0 Å². The number of hydrogen-bond acceptors (Lipinski definition) is 3.